The second-order valence-electron chi connectivity index (χ2n) is 10.9. The third-order valence-corrected chi connectivity index (χ3v) is 7.16. The van der Waals surface area contributed by atoms with Crippen molar-refractivity contribution in [2.24, 2.45) is 5.73 Å². The SMILES string of the molecule is CCCCCCCOC(=O)CCCCCN(CCCCCCN)CCCCCC(=O)OCCCCCCC. The predicted molar refractivity (Wildman–Crippen MR) is 160 cm³/mol. The van der Waals surface area contributed by atoms with E-state index in [4.69, 9.17) is 15.2 Å². The molecule has 0 rings (SSSR count). The van der Waals surface area contributed by atoms with Crippen LogP contribution in [0.25, 0.3) is 0 Å². The maximum atomic E-state index is 11.9. The van der Waals surface area contributed by atoms with Crippen LogP contribution in [-0.2, 0) is 19.1 Å². The number of nitrogens with two attached hydrogens (primary N) is 1. The first kappa shape index (κ1) is 36.9. The van der Waals surface area contributed by atoms with Gasteiger partial charge in [0.2, 0.25) is 0 Å². The van der Waals surface area contributed by atoms with Gasteiger partial charge < -0.3 is 20.1 Å². The van der Waals surface area contributed by atoms with E-state index in [1.165, 1.54) is 57.8 Å². The third kappa shape index (κ3) is 27.9. The Morgan fingerprint density at radius 1 is 0.500 bits per heavy atom. The summed E-state index contributed by atoms with van der Waals surface area (Å²) in [4.78, 5) is 26.5. The molecule has 0 aliphatic heterocycles. The van der Waals surface area contributed by atoms with Crippen molar-refractivity contribution in [3.05, 3.63) is 0 Å². The number of hydrogen-bond donors (Lipinski definition) is 1. The smallest absolute Gasteiger partial charge is 0.305 e. The number of carbonyl (C=O) groups excluding carboxylic acids is 2. The van der Waals surface area contributed by atoms with Crippen LogP contribution in [0.4, 0.5) is 0 Å². The summed E-state index contributed by atoms with van der Waals surface area (Å²) < 4.78 is 10.8. The predicted octanol–water partition coefficient (Wildman–Crippen LogP) is 7.96. The maximum Gasteiger partial charge on any atom is 0.305 e. The number of hydrogen-bond acceptors (Lipinski definition) is 6. The molecule has 0 aromatic heterocycles. The van der Waals surface area contributed by atoms with E-state index in [9.17, 15) is 9.59 Å². The topological polar surface area (TPSA) is 81.9 Å². The van der Waals surface area contributed by atoms with E-state index < -0.39 is 0 Å². The lowest BCUT2D eigenvalue weighted by Crippen LogP contribution is -2.27. The molecule has 0 heterocycles. The minimum Gasteiger partial charge on any atom is -0.466 e. The fourth-order valence-electron chi connectivity index (χ4n) is 4.66. The molecule has 226 valence electrons. The monoisotopic (exact) mass is 540 g/mol. The Hall–Kier alpha value is -1.14. The standard InChI is InChI=1S/C32H64N2O4/c1-3-5-7-11-21-29-37-31(35)23-15-13-19-27-34(26-18-10-9-17-25-33)28-20-14-16-24-32(36)38-30-22-12-8-6-4-2/h3-30,33H2,1-2H3. The average molecular weight is 541 g/mol. The van der Waals surface area contributed by atoms with Crippen LogP contribution in [0.1, 0.15) is 155 Å². The van der Waals surface area contributed by atoms with Crippen molar-refractivity contribution in [1.29, 1.82) is 0 Å². The minimum absolute atomic E-state index is 0.0349. The molecule has 0 unspecified atom stereocenters. The molecule has 0 saturated carbocycles. The van der Waals surface area contributed by atoms with E-state index in [0.29, 0.717) is 26.1 Å². The van der Waals surface area contributed by atoms with Gasteiger partial charge in [0.15, 0.2) is 0 Å². The summed E-state index contributed by atoms with van der Waals surface area (Å²) in [6, 6.07) is 0. The molecule has 6 nitrogen and oxygen atoms in total. The zero-order valence-corrected chi connectivity index (χ0v) is 25.5. The molecule has 0 aromatic carbocycles. The molecule has 0 atom stereocenters. The highest BCUT2D eigenvalue weighted by atomic mass is 16.5. The van der Waals surface area contributed by atoms with E-state index in [-0.39, 0.29) is 11.9 Å². The Morgan fingerprint density at radius 3 is 1.29 bits per heavy atom. The van der Waals surface area contributed by atoms with Gasteiger partial charge in [-0.15, -0.1) is 0 Å². The van der Waals surface area contributed by atoms with Gasteiger partial charge in [-0.1, -0.05) is 90.9 Å². The minimum atomic E-state index is -0.0349. The number of rotatable bonds is 30. The Kier molecular flexibility index (Phi) is 29.5. The molecule has 6 heteroatoms. The average Bonchev–Trinajstić information content (AvgIpc) is 2.91. The Morgan fingerprint density at radius 2 is 0.868 bits per heavy atom. The van der Waals surface area contributed by atoms with Crippen LogP contribution in [0, 0.1) is 0 Å². The molecule has 0 amide bonds. The van der Waals surface area contributed by atoms with Crippen LogP contribution < -0.4 is 5.73 Å². The summed E-state index contributed by atoms with van der Waals surface area (Å²) in [5.74, 6) is -0.0699. The van der Waals surface area contributed by atoms with E-state index >= 15 is 0 Å². The summed E-state index contributed by atoms with van der Waals surface area (Å²) in [7, 11) is 0. The summed E-state index contributed by atoms with van der Waals surface area (Å²) in [5.41, 5.74) is 5.63. The zero-order valence-electron chi connectivity index (χ0n) is 25.5. The fraction of sp³-hybridized carbons (Fsp3) is 0.938. The highest BCUT2D eigenvalue weighted by Crippen LogP contribution is 2.10. The van der Waals surface area contributed by atoms with Gasteiger partial charge in [0.1, 0.15) is 0 Å². The van der Waals surface area contributed by atoms with Crippen LogP contribution >= 0.6 is 0 Å². The van der Waals surface area contributed by atoms with Crippen molar-refractivity contribution in [2.45, 2.75) is 155 Å². The molecule has 38 heavy (non-hydrogen) atoms. The van der Waals surface area contributed by atoms with Gasteiger partial charge in [-0.2, -0.15) is 0 Å². The zero-order chi connectivity index (χ0) is 27.9. The van der Waals surface area contributed by atoms with Crippen molar-refractivity contribution in [2.75, 3.05) is 39.4 Å². The molecule has 0 radical (unpaired) electrons. The highest BCUT2D eigenvalue weighted by molar-refractivity contribution is 5.69. The van der Waals surface area contributed by atoms with Crippen LogP contribution in [0.3, 0.4) is 0 Å². The number of esters is 2. The number of unbranched alkanes of at least 4 members (excludes halogenated alkanes) is 15. The van der Waals surface area contributed by atoms with E-state index in [2.05, 4.69) is 18.7 Å². The van der Waals surface area contributed by atoms with Crippen LogP contribution in [-0.4, -0.2) is 56.2 Å². The summed E-state index contributed by atoms with van der Waals surface area (Å²) in [6.45, 7) is 9.67. The van der Waals surface area contributed by atoms with Gasteiger partial charge in [-0.05, 0) is 77.5 Å². The first-order valence-electron chi connectivity index (χ1n) is 16.4. The molecular formula is C32H64N2O4. The molecular weight excluding hydrogens is 476 g/mol. The van der Waals surface area contributed by atoms with Crippen LogP contribution in [0.2, 0.25) is 0 Å². The molecule has 0 aliphatic carbocycles. The van der Waals surface area contributed by atoms with Gasteiger partial charge in [-0.3, -0.25) is 9.59 Å². The quantitative estimate of drug-likeness (QED) is 0.0735. The first-order valence-corrected chi connectivity index (χ1v) is 16.4. The largest absolute Gasteiger partial charge is 0.466 e. The molecule has 0 aliphatic rings. The molecule has 0 fully saturated rings. The lowest BCUT2D eigenvalue weighted by atomic mass is 10.1. The van der Waals surface area contributed by atoms with E-state index in [1.54, 1.807) is 0 Å². The van der Waals surface area contributed by atoms with Gasteiger partial charge in [0.25, 0.3) is 0 Å². The molecule has 0 saturated heterocycles. The van der Waals surface area contributed by atoms with Gasteiger partial charge in [-0.25, -0.2) is 0 Å². The summed E-state index contributed by atoms with van der Waals surface area (Å²) in [6.07, 6.45) is 23.9. The molecule has 2 N–H and O–H groups in total. The van der Waals surface area contributed by atoms with Crippen molar-refractivity contribution >= 4 is 11.9 Å². The Bertz CT molecular complexity index is 478. The highest BCUT2D eigenvalue weighted by Gasteiger charge is 2.08. The van der Waals surface area contributed by atoms with E-state index in [0.717, 1.165) is 96.8 Å². The van der Waals surface area contributed by atoms with Crippen molar-refractivity contribution in [1.82, 2.24) is 4.90 Å². The van der Waals surface area contributed by atoms with Crippen molar-refractivity contribution in [3.8, 4) is 0 Å². The Balaban J connectivity index is 3.95. The molecule has 0 bridgehead atoms. The second kappa shape index (κ2) is 30.4. The van der Waals surface area contributed by atoms with Gasteiger partial charge in [0.05, 0.1) is 13.2 Å². The third-order valence-electron chi connectivity index (χ3n) is 7.16. The van der Waals surface area contributed by atoms with Crippen LogP contribution in [0.5, 0.6) is 0 Å². The lowest BCUT2D eigenvalue weighted by Gasteiger charge is -2.22. The van der Waals surface area contributed by atoms with E-state index in [1.807, 2.05) is 0 Å². The number of nitrogens with zero attached hydrogens (tertiary/aromatic N) is 1. The van der Waals surface area contributed by atoms with Gasteiger partial charge >= 0.3 is 11.9 Å². The molecule has 0 spiro atoms. The summed E-state index contributed by atoms with van der Waals surface area (Å²) >= 11 is 0. The number of ether oxygens (including phenoxy) is 2. The number of carbonyl (C=O) groups is 2. The first-order chi connectivity index (χ1) is 18.6. The summed E-state index contributed by atoms with van der Waals surface area (Å²) in [5, 5.41) is 0. The second-order valence-corrected chi connectivity index (χ2v) is 10.9. The lowest BCUT2D eigenvalue weighted by molar-refractivity contribution is -0.144. The van der Waals surface area contributed by atoms with Gasteiger partial charge in [0, 0.05) is 12.8 Å². The van der Waals surface area contributed by atoms with Crippen LogP contribution in [0.15, 0.2) is 0 Å². The maximum absolute atomic E-state index is 11.9. The Labute approximate surface area is 236 Å². The van der Waals surface area contributed by atoms with Crippen molar-refractivity contribution < 1.29 is 19.1 Å². The fourth-order valence-corrected chi connectivity index (χ4v) is 4.66. The normalized spacial score (nSPS) is 11.3. The molecule has 0 aromatic rings. The van der Waals surface area contributed by atoms with Crippen molar-refractivity contribution in [3.63, 3.8) is 0 Å².